The van der Waals surface area contributed by atoms with Gasteiger partial charge in [-0.3, -0.25) is 4.79 Å². The van der Waals surface area contributed by atoms with Crippen LogP contribution >= 0.6 is 0 Å². The number of esters is 1. The maximum atomic E-state index is 11.0. The predicted octanol–water partition coefficient (Wildman–Crippen LogP) is -0.630. The number of ether oxygens (including phenoxy) is 1. The summed E-state index contributed by atoms with van der Waals surface area (Å²) in [6, 6.07) is -0.542. The smallest absolute Gasteiger partial charge is 0.323 e. The molecule has 90 valence electrons. The van der Waals surface area contributed by atoms with Crippen LogP contribution in [-0.4, -0.2) is 69.7 Å². The molecule has 2 N–H and O–H groups in total. The van der Waals surface area contributed by atoms with Crippen LogP contribution in [0, 0.1) is 0 Å². The van der Waals surface area contributed by atoms with E-state index in [9.17, 15) is 4.79 Å². The molecule has 0 bridgehead atoms. The third-order valence-electron chi connectivity index (χ3n) is 2.16. The molecule has 0 saturated carbocycles. The van der Waals surface area contributed by atoms with Crippen LogP contribution in [0.4, 0.5) is 0 Å². The molecule has 0 radical (unpaired) electrons. The van der Waals surface area contributed by atoms with Crippen molar-refractivity contribution in [3.63, 3.8) is 0 Å². The van der Waals surface area contributed by atoms with Crippen LogP contribution in [0.15, 0.2) is 0 Å². The minimum Gasteiger partial charge on any atom is -0.468 e. The average molecular weight is 217 g/mol. The molecular formula is C10H23N3O2. The van der Waals surface area contributed by atoms with E-state index in [1.165, 1.54) is 7.11 Å². The van der Waals surface area contributed by atoms with Gasteiger partial charge >= 0.3 is 5.97 Å². The Morgan fingerprint density at radius 1 is 1.33 bits per heavy atom. The summed E-state index contributed by atoms with van der Waals surface area (Å²) >= 11 is 0. The van der Waals surface area contributed by atoms with Gasteiger partial charge in [0.05, 0.1) is 7.11 Å². The first-order valence-corrected chi connectivity index (χ1v) is 5.14. The van der Waals surface area contributed by atoms with Crippen molar-refractivity contribution >= 4 is 5.97 Å². The van der Waals surface area contributed by atoms with E-state index in [-0.39, 0.29) is 5.97 Å². The third kappa shape index (κ3) is 7.30. The maximum absolute atomic E-state index is 11.0. The third-order valence-corrected chi connectivity index (χ3v) is 2.16. The Bertz CT molecular complexity index is 186. The van der Waals surface area contributed by atoms with E-state index in [0.717, 1.165) is 19.5 Å². The topological polar surface area (TPSA) is 58.8 Å². The number of likely N-dealkylation sites (N-methyl/N-ethyl adjacent to an activating group) is 1. The lowest BCUT2D eigenvalue weighted by Crippen LogP contribution is -2.42. The molecule has 5 nitrogen and oxygen atoms in total. The van der Waals surface area contributed by atoms with Gasteiger partial charge in [-0.25, -0.2) is 0 Å². The van der Waals surface area contributed by atoms with E-state index >= 15 is 0 Å². The Morgan fingerprint density at radius 3 is 2.40 bits per heavy atom. The van der Waals surface area contributed by atoms with Gasteiger partial charge in [0, 0.05) is 6.54 Å². The molecule has 0 heterocycles. The van der Waals surface area contributed by atoms with Crippen LogP contribution in [0.1, 0.15) is 6.42 Å². The van der Waals surface area contributed by atoms with Crippen LogP contribution in [0.2, 0.25) is 0 Å². The summed E-state index contributed by atoms with van der Waals surface area (Å²) in [5.74, 6) is -0.352. The first-order valence-electron chi connectivity index (χ1n) is 5.14. The van der Waals surface area contributed by atoms with E-state index in [1.807, 2.05) is 26.0 Å². The predicted molar refractivity (Wildman–Crippen MR) is 60.7 cm³/mol. The van der Waals surface area contributed by atoms with Crippen LogP contribution in [-0.2, 0) is 9.53 Å². The molecule has 1 atom stereocenters. The Balaban J connectivity index is 3.64. The zero-order chi connectivity index (χ0) is 11.8. The summed E-state index contributed by atoms with van der Waals surface area (Å²) in [5.41, 5.74) is 5.63. The highest BCUT2D eigenvalue weighted by atomic mass is 16.5. The SMILES string of the molecule is COC(=O)C(N)CN(C)CCCN(C)C. The van der Waals surface area contributed by atoms with Gasteiger partial charge in [0.1, 0.15) is 6.04 Å². The van der Waals surface area contributed by atoms with Crippen LogP contribution < -0.4 is 5.73 Å². The van der Waals surface area contributed by atoms with Crippen molar-refractivity contribution in [3.05, 3.63) is 0 Å². The standard InChI is InChI=1S/C10H23N3O2/c1-12(2)6-5-7-13(3)8-9(11)10(14)15-4/h9H,5-8,11H2,1-4H3. The second-order valence-corrected chi connectivity index (χ2v) is 4.05. The summed E-state index contributed by atoms with van der Waals surface area (Å²) in [6.45, 7) is 2.51. The molecule has 0 aromatic carbocycles. The fourth-order valence-electron chi connectivity index (χ4n) is 1.31. The molecule has 0 fully saturated rings. The molecule has 0 aliphatic carbocycles. The number of carbonyl (C=O) groups is 1. The van der Waals surface area contributed by atoms with E-state index in [1.54, 1.807) is 0 Å². The van der Waals surface area contributed by atoms with Gasteiger partial charge in [-0.05, 0) is 40.7 Å². The zero-order valence-corrected chi connectivity index (χ0v) is 10.2. The normalized spacial score (nSPS) is 13.3. The summed E-state index contributed by atoms with van der Waals surface area (Å²) in [7, 11) is 7.40. The Kier molecular flexibility index (Phi) is 7.29. The fraction of sp³-hybridized carbons (Fsp3) is 0.900. The van der Waals surface area contributed by atoms with Gasteiger partial charge in [0.15, 0.2) is 0 Å². The number of hydrogen-bond acceptors (Lipinski definition) is 5. The van der Waals surface area contributed by atoms with Crippen LogP contribution in [0.3, 0.4) is 0 Å². The average Bonchev–Trinajstić information content (AvgIpc) is 2.15. The van der Waals surface area contributed by atoms with Gasteiger partial charge in [0.2, 0.25) is 0 Å². The van der Waals surface area contributed by atoms with Crippen molar-refractivity contribution in [2.24, 2.45) is 5.73 Å². The van der Waals surface area contributed by atoms with Gasteiger partial charge in [-0.15, -0.1) is 0 Å². The van der Waals surface area contributed by atoms with E-state index in [4.69, 9.17) is 5.73 Å². The van der Waals surface area contributed by atoms with Gasteiger partial charge in [0.25, 0.3) is 0 Å². The maximum Gasteiger partial charge on any atom is 0.323 e. The molecular weight excluding hydrogens is 194 g/mol. The Morgan fingerprint density at radius 2 is 1.93 bits per heavy atom. The van der Waals surface area contributed by atoms with Crippen molar-refractivity contribution in [2.45, 2.75) is 12.5 Å². The van der Waals surface area contributed by atoms with Gasteiger partial charge < -0.3 is 20.3 Å². The largest absolute Gasteiger partial charge is 0.468 e. The van der Waals surface area contributed by atoms with Crippen LogP contribution in [0.25, 0.3) is 0 Å². The number of methoxy groups -OCH3 is 1. The highest BCUT2D eigenvalue weighted by Crippen LogP contribution is 1.92. The minimum atomic E-state index is -0.542. The number of rotatable bonds is 7. The molecule has 0 saturated heterocycles. The van der Waals surface area contributed by atoms with Crippen molar-refractivity contribution in [2.75, 3.05) is 47.9 Å². The molecule has 0 spiro atoms. The number of hydrogen-bond donors (Lipinski definition) is 1. The highest BCUT2D eigenvalue weighted by Gasteiger charge is 2.15. The first kappa shape index (κ1) is 14.3. The molecule has 0 aromatic heterocycles. The number of carbonyl (C=O) groups excluding carboxylic acids is 1. The molecule has 0 aromatic rings. The zero-order valence-electron chi connectivity index (χ0n) is 10.2. The molecule has 0 rings (SSSR count). The van der Waals surface area contributed by atoms with Crippen molar-refractivity contribution < 1.29 is 9.53 Å². The summed E-state index contributed by atoms with van der Waals surface area (Å²) < 4.78 is 4.56. The lowest BCUT2D eigenvalue weighted by Gasteiger charge is -2.20. The second-order valence-electron chi connectivity index (χ2n) is 4.05. The molecule has 0 aliphatic rings. The van der Waals surface area contributed by atoms with E-state index < -0.39 is 6.04 Å². The second kappa shape index (κ2) is 7.62. The first-order chi connectivity index (χ1) is 6.97. The van der Waals surface area contributed by atoms with E-state index in [0.29, 0.717) is 6.54 Å². The van der Waals surface area contributed by atoms with Crippen molar-refractivity contribution in [1.82, 2.24) is 9.80 Å². The van der Waals surface area contributed by atoms with Crippen molar-refractivity contribution in [1.29, 1.82) is 0 Å². The minimum absolute atomic E-state index is 0.352. The van der Waals surface area contributed by atoms with E-state index in [2.05, 4.69) is 9.64 Å². The molecule has 0 amide bonds. The van der Waals surface area contributed by atoms with Gasteiger partial charge in [-0.1, -0.05) is 0 Å². The summed E-state index contributed by atoms with van der Waals surface area (Å²) in [6.07, 6.45) is 1.07. The molecule has 1 unspecified atom stereocenters. The fourth-order valence-corrected chi connectivity index (χ4v) is 1.31. The molecule has 0 aliphatic heterocycles. The summed E-state index contributed by atoms with van der Waals surface area (Å²) in [4.78, 5) is 15.2. The monoisotopic (exact) mass is 217 g/mol. The Labute approximate surface area is 92.2 Å². The highest BCUT2D eigenvalue weighted by molar-refractivity contribution is 5.75. The Hall–Kier alpha value is -0.650. The molecule has 15 heavy (non-hydrogen) atoms. The number of nitrogens with two attached hydrogens (primary N) is 1. The quantitative estimate of drug-likeness (QED) is 0.575. The summed E-state index contributed by atoms with van der Waals surface area (Å²) in [5, 5.41) is 0. The van der Waals surface area contributed by atoms with Crippen LogP contribution in [0.5, 0.6) is 0 Å². The van der Waals surface area contributed by atoms with Crippen molar-refractivity contribution in [3.8, 4) is 0 Å². The molecule has 5 heteroatoms. The lowest BCUT2D eigenvalue weighted by atomic mass is 10.3. The number of nitrogens with zero attached hydrogens (tertiary/aromatic N) is 2. The lowest BCUT2D eigenvalue weighted by molar-refractivity contribution is -0.142. The van der Waals surface area contributed by atoms with Gasteiger partial charge in [-0.2, -0.15) is 0 Å².